The van der Waals surface area contributed by atoms with E-state index in [0.717, 1.165) is 4.47 Å². The zero-order chi connectivity index (χ0) is 12.5. The van der Waals surface area contributed by atoms with Crippen LogP contribution in [-0.4, -0.2) is 24.5 Å². The minimum absolute atomic E-state index is 0.110. The van der Waals surface area contributed by atoms with Gasteiger partial charge in [0.2, 0.25) is 0 Å². The Morgan fingerprint density at radius 1 is 1.59 bits per heavy atom. The fourth-order valence-electron chi connectivity index (χ4n) is 1.83. The van der Waals surface area contributed by atoms with Gasteiger partial charge >= 0.3 is 0 Å². The van der Waals surface area contributed by atoms with Gasteiger partial charge in [0.25, 0.3) is 0 Å². The van der Waals surface area contributed by atoms with E-state index in [-0.39, 0.29) is 24.6 Å². The number of halogens is 2. The van der Waals surface area contributed by atoms with Crippen molar-refractivity contribution in [1.29, 1.82) is 0 Å². The molecular formula is C12H13BrFNO2. The standard InChI is InChI=1S/C12H13BrFNO2/c13-10-2-1-9(14)5-8(10)6-11(16)12(15)3-4-17-7-12/h1-2,5H,3-4,6-7,15H2. The van der Waals surface area contributed by atoms with Gasteiger partial charge < -0.3 is 10.5 Å². The predicted octanol–water partition coefficient (Wildman–Crippen LogP) is 1.82. The molecule has 0 spiro atoms. The van der Waals surface area contributed by atoms with Crippen molar-refractivity contribution in [2.45, 2.75) is 18.4 Å². The quantitative estimate of drug-likeness (QED) is 0.926. The number of rotatable bonds is 3. The molecule has 0 bridgehead atoms. The maximum atomic E-state index is 13.1. The smallest absolute Gasteiger partial charge is 0.159 e. The molecule has 1 aliphatic heterocycles. The number of carbonyl (C=O) groups is 1. The molecule has 1 aromatic rings. The van der Waals surface area contributed by atoms with Crippen molar-refractivity contribution < 1.29 is 13.9 Å². The van der Waals surface area contributed by atoms with Crippen molar-refractivity contribution in [2.24, 2.45) is 5.73 Å². The Bertz CT molecular complexity index is 444. The zero-order valence-electron chi connectivity index (χ0n) is 9.21. The lowest BCUT2D eigenvalue weighted by Gasteiger charge is -2.20. The second-order valence-electron chi connectivity index (χ2n) is 4.29. The summed E-state index contributed by atoms with van der Waals surface area (Å²) < 4.78 is 18.9. The van der Waals surface area contributed by atoms with E-state index in [1.54, 1.807) is 6.07 Å². The molecule has 0 aliphatic carbocycles. The molecule has 1 unspecified atom stereocenters. The van der Waals surface area contributed by atoms with Crippen molar-refractivity contribution in [3.05, 3.63) is 34.1 Å². The summed E-state index contributed by atoms with van der Waals surface area (Å²) in [6.07, 6.45) is 0.650. The predicted molar refractivity (Wildman–Crippen MR) is 65.2 cm³/mol. The van der Waals surface area contributed by atoms with Crippen LogP contribution in [0.5, 0.6) is 0 Å². The summed E-state index contributed by atoms with van der Waals surface area (Å²) in [6.45, 7) is 0.755. The minimum Gasteiger partial charge on any atom is -0.379 e. The van der Waals surface area contributed by atoms with E-state index in [0.29, 0.717) is 18.6 Å². The van der Waals surface area contributed by atoms with Crippen LogP contribution >= 0.6 is 15.9 Å². The lowest BCUT2D eigenvalue weighted by Crippen LogP contribution is -2.49. The second-order valence-corrected chi connectivity index (χ2v) is 5.15. The van der Waals surface area contributed by atoms with Gasteiger partial charge in [0, 0.05) is 17.5 Å². The summed E-state index contributed by atoms with van der Waals surface area (Å²) in [5, 5.41) is 0. The fraction of sp³-hybridized carbons (Fsp3) is 0.417. The topological polar surface area (TPSA) is 52.3 Å². The molecule has 1 atom stereocenters. The largest absolute Gasteiger partial charge is 0.379 e. The van der Waals surface area contributed by atoms with Crippen LogP contribution in [0.2, 0.25) is 0 Å². The third-order valence-corrected chi connectivity index (χ3v) is 3.74. The fourth-order valence-corrected chi connectivity index (χ4v) is 2.22. The van der Waals surface area contributed by atoms with Crippen molar-refractivity contribution >= 4 is 21.7 Å². The van der Waals surface area contributed by atoms with E-state index in [2.05, 4.69) is 15.9 Å². The third kappa shape index (κ3) is 2.73. The molecule has 92 valence electrons. The Morgan fingerprint density at radius 3 is 3.00 bits per heavy atom. The zero-order valence-corrected chi connectivity index (χ0v) is 10.8. The van der Waals surface area contributed by atoms with Crippen LogP contribution in [-0.2, 0) is 16.0 Å². The first-order valence-electron chi connectivity index (χ1n) is 5.35. The lowest BCUT2D eigenvalue weighted by molar-refractivity contribution is -0.123. The van der Waals surface area contributed by atoms with Crippen LogP contribution in [0.3, 0.4) is 0 Å². The van der Waals surface area contributed by atoms with Gasteiger partial charge in [-0.3, -0.25) is 4.79 Å². The van der Waals surface area contributed by atoms with Crippen LogP contribution in [0, 0.1) is 5.82 Å². The highest BCUT2D eigenvalue weighted by molar-refractivity contribution is 9.10. The van der Waals surface area contributed by atoms with E-state index in [1.807, 2.05) is 0 Å². The van der Waals surface area contributed by atoms with Crippen LogP contribution < -0.4 is 5.73 Å². The summed E-state index contributed by atoms with van der Waals surface area (Å²) in [5.41, 5.74) is 5.66. The number of hydrogen-bond donors (Lipinski definition) is 1. The Hall–Kier alpha value is -0.780. The molecule has 1 fully saturated rings. The van der Waals surface area contributed by atoms with E-state index in [9.17, 15) is 9.18 Å². The first-order valence-corrected chi connectivity index (χ1v) is 6.14. The molecule has 0 radical (unpaired) electrons. The molecule has 3 nitrogen and oxygen atoms in total. The van der Waals surface area contributed by atoms with E-state index < -0.39 is 5.54 Å². The summed E-state index contributed by atoms with van der Waals surface area (Å²) in [5.74, 6) is -0.467. The van der Waals surface area contributed by atoms with Crippen LogP contribution in [0.15, 0.2) is 22.7 Å². The van der Waals surface area contributed by atoms with Gasteiger partial charge in [0.1, 0.15) is 11.4 Å². The number of carbonyl (C=O) groups excluding carboxylic acids is 1. The van der Waals surface area contributed by atoms with E-state index in [4.69, 9.17) is 10.5 Å². The highest BCUT2D eigenvalue weighted by Gasteiger charge is 2.37. The molecular weight excluding hydrogens is 289 g/mol. The van der Waals surface area contributed by atoms with Crippen LogP contribution in [0.4, 0.5) is 4.39 Å². The van der Waals surface area contributed by atoms with E-state index in [1.165, 1.54) is 12.1 Å². The Kier molecular flexibility index (Phi) is 3.61. The van der Waals surface area contributed by atoms with Crippen molar-refractivity contribution in [3.63, 3.8) is 0 Å². The highest BCUT2D eigenvalue weighted by atomic mass is 79.9. The Labute approximate surface area is 107 Å². The minimum atomic E-state index is -0.911. The average molecular weight is 302 g/mol. The molecule has 17 heavy (non-hydrogen) atoms. The molecule has 1 saturated heterocycles. The summed E-state index contributed by atoms with van der Waals surface area (Å²) in [7, 11) is 0. The van der Waals surface area contributed by atoms with Crippen molar-refractivity contribution in [1.82, 2.24) is 0 Å². The van der Waals surface area contributed by atoms with Gasteiger partial charge in [0.05, 0.1) is 6.61 Å². The molecule has 0 amide bonds. The number of benzene rings is 1. The van der Waals surface area contributed by atoms with Crippen LogP contribution in [0.25, 0.3) is 0 Å². The van der Waals surface area contributed by atoms with Gasteiger partial charge in [-0.25, -0.2) is 4.39 Å². The number of Topliss-reactive ketones (excluding diaryl/α,β-unsaturated/α-hetero) is 1. The first kappa shape index (κ1) is 12.7. The third-order valence-electron chi connectivity index (χ3n) is 2.97. The van der Waals surface area contributed by atoms with Gasteiger partial charge in [-0.2, -0.15) is 0 Å². The Morgan fingerprint density at radius 2 is 2.35 bits per heavy atom. The monoisotopic (exact) mass is 301 g/mol. The van der Waals surface area contributed by atoms with Crippen molar-refractivity contribution in [2.75, 3.05) is 13.2 Å². The van der Waals surface area contributed by atoms with E-state index >= 15 is 0 Å². The molecule has 0 aromatic heterocycles. The van der Waals surface area contributed by atoms with Crippen molar-refractivity contribution in [3.8, 4) is 0 Å². The summed E-state index contributed by atoms with van der Waals surface area (Å²) in [6, 6.07) is 4.28. The molecule has 0 saturated carbocycles. The first-order chi connectivity index (χ1) is 8.01. The Balaban J connectivity index is 2.15. The molecule has 1 heterocycles. The summed E-state index contributed by atoms with van der Waals surface area (Å²) in [4.78, 5) is 12.1. The van der Waals surface area contributed by atoms with Gasteiger partial charge in [0.15, 0.2) is 5.78 Å². The number of ketones is 1. The maximum Gasteiger partial charge on any atom is 0.159 e. The van der Waals surface area contributed by atoms with Gasteiger partial charge in [-0.1, -0.05) is 15.9 Å². The molecule has 5 heteroatoms. The van der Waals surface area contributed by atoms with Crippen LogP contribution in [0.1, 0.15) is 12.0 Å². The average Bonchev–Trinajstić information content (AvgIpc) is 2.72. The number of hydrogen-bond acceptors (Lipinski definition) is 3. The normalized spacial score (nSPS) is 23.9. The highest BCUT2D eigenvalue weighted by Crippen LogP contribution is 2.23. The molecule has 2 rings (SSSR count). The molecule has 1 aromatic carbocycles. The van der Waals surface area contributed by atoms with Gasteiger partial charge in [-0.05, 0) is 30.2 Å². The molecule has 1 aliphatic rings. The summed E-state index contributed by atoms with van der Waals surface area (Å²) >= 11 is 3.29. The second kappa shape index (κ2) is 4.84. The lowest BCUT2D eigenvalue weighted by atomic mass is 9.90. The van der Waals surface area contributed by atoms with Gasteiger partial charge in [-0.15, -0.1) is 0 Å². The maximum absolute atomic E-state index is 13.1. The number of ether oxygens (including phenoxy) is 1. The molecule has 2 N–H and O–H groups in total. The SMILES string of the molecule is NC1(C(=O)Cc2cc(F)ccc2Br)CCOC1. The number of nitrogens with two attached hydrogens (primary N) is 1.